The molecule has 0 aliphatic heterocycles. The summed E-state index contributed by atoms with van der Waals surface area (Å²) in [6.07, 6.45) is 0. The molecule has 0 bridgehead atoms. The Morgan fingerprint density at radius 1 is 0.386 bits per heavy atom. The number of rotatable bonds is 7. The molecule has 0 N–H and O–H groups in total. The zero-order chi connectivity index (χ0) is 39.4. The van der Waals surface area contributed by atoms with Crippen LogP contribution in [0, 0.1) is 41.8 Å². The zero-order valence-electron chi connectivity index (χ0n) is 30.3. The van der Waals surface area contributed by atoms with E-state index in [0.29, 0.717) is 5.69 Å². The number of anilines is 3. The first-order valence-electron chi connectivity index (χ1n) is 18.1. The van der Waals surface area contributed by atoms with Crippen LogP contribution < -0.4 is 4.90 Å². The van der Waals surface area contributed by atoms with Gasteiger partial charge in [-0.05, 0) is 119 Å². The minimum atomic E-state index is -2.21. The van der Waals surface area contributed by atoms with Gasteiger partial charge in [0.2, 0.25) is 5.82 Å². The molecule has 0 saturated heterocycles. The van der Waals surface area contributed by atoms with Gasteiger partial charge in [-0.25, -0.2) is 26.3 Å². The second-order valence-corrected chi connectivity index (χ2v) is 13.9. The fourth-order valence-corrected chi connectivity index (χ4v) is 7.50. The van der Waals surface area contributed by atoms with Gasteiger partial charge >= 0.3 is 0 Å². The second kappa shape index (κ2) is 14.2. The monoisotopic (exact) mass is 760 g/mol. The van der Waals surface area contributed by atoms with Crippen molar-refractivity contribution in [2.24, 2.45) is 0 Å². The molecule has 2 nitrogen and oxygen atoms in total. The van der Waals surface area contributed by atoms with Crippen molar-refractivity contribution in [1.29, 1.82) is 0 Å². The molecule has 0 amide bonds. The highest BCUT2D eigenvalue weighted by Gasteiger charge is 2.27. The lowest BCUT2D eigenvalue weighted by atomic mass is 10.0. The quantitative estimate of drug-likeness (QED) is 0.0892. The molecule has 1 heterocycles. The van der Waals surface area contributed by atoms with Gasteiger partial charge in [-0.3, -0.25) is 0 Å². The fraction of sp³-hybridized carbons (Fsp3) is 0.0204. The van der Waals surface area contributed by atoms with Crippen LogP contribution in [-0.4, -0.2) is 4.57 Å². The van der Waals surface area contributed by atoms with E-state index in [0.717, 1.165) is 61.1 Å². The van der Waals surface area contributed by atoms with E-state index in [1.54, 1.807) is 24.3 Å². The first-order chi connectivity index (χ1) is 27.7. The molecule has 278 valence electrons. The van der Waals surface area contributed by atoms with Crippen molar-refractivity contribution in [3.05, 3.63) is 204 Å². The van der Waals surface area contributed by atoms with Crippen LogP contribution in [-0.2, 0) is 0 Å². The van der Waals surface area contributed by atoms with Crippen molar-refractivity contribution in [1.82, 2.24) is 4.57 Å². The Labute approximate surface area is 324 Å². The van der Waals surface area contributed by atoms with E-state index in [1.165, 1.54) is 29.8 Å². The summed E-state index contributed by atoms with van der Waals surface area (Å²) in [5.41, 5.74) is 8.98. The van der Waals surface area contributed by atoms with E-state index in [1.807, 2.05) is 71.6 Å². The highest BCUT2D eigenvalue weighted by molar-refractivity contribution is 6.10. The maximum atomic E-state index is 14.8. The maximum Gasteiger partial charge on any atom is 0.200 e. The Balaban J connectivity index is 1.12. The van der Waals surface area contributed by atoms with Crippen LogP contribution in [0.4, 0.5) is 43.4 Å². The number of aryl methyl sites for hydroxylation is 1. The molecular formula is C49H30F6N2. The molecule has 0 aliphatic rings. The number of halogens is 6. The lowest BCUT2D eigenvalue weighted by Gasteiger charge is -2.26. The fourth-order valence-electron chi connectivity index (χ4n) is 7.50. The van der Waals surface area contributed by atoms with Crippen LogP contribution in [0.2, 0.25) is 0 Å². The van der Waals surface area contributed by atoms with E-state index in [-0.39, 0.29) is 11.4 Å². The summed E-state index contributed by atoms with van der Waals surface area (Å²) in [4.78, 5) is 1.92. The molecular weight excluding hydrogens is 731 g/mol. The summed E-state index contributed by atoms with van der Waals surface area (Å²) in [6.45, 7) is 2.09. The van der Waals surface area contributed by atoms with Gasteiger partial charge < -0.3 is 9.47 Å². The van der Waals surface area contributed by atoms with Crippen molar-refractivity contribution in [3.8, 4) is 39.1 Å². The molecule has 0 aliphatic carbocycles. The summed E-state index contributed by atoms with van der Waals surface area (Å²) in [6, 6.07) is 50.7. The average molecular weight is 761 g/mol. The number of fused-ring (bicyclic) bond motifs is 3. The van der Waals surface area contributed by atoms with Gasteiger partial charge in [0, 0.05) is 33.5 Å². The van der Waals surface area contributed by atoms with E-state index in [2.05, 4.69) is 60.0 Å². The number of benzene rings is 8. The first kappa shape index (κ1) is 35.6. The number of hydrogen-bond acceptors (Lipinski definition) is 1. The molecule has 0 saturated carbocycles. The first-order valence-corrected chi connectivity index (χ1v) is 18.1. The third kappa shape index (κ3) is 6.29. The molecule has 0 spiro atoms. The number of para-hydroxylation sites is 1. The summed E-state index contributed by atoms with van der Waals surface area (Å²) >= 11 is 0. The summed E-state index contributed by atoms with van der Waals surface area (Å²) in [5.74, 6) is -10.4. The van der Waals surface area contributed by atoms with Gasteiger partial charge in [0.1, 0.15) is 5.82 Å². The largest absolute Gasteiger partial charge is 0.311 e. The Kier molecular flexibility index (Phi) is 8.89. The Morgan fingerprint density at radius 3 is 1.42 bits per heavy atom. The Hall–Kier alpha value is -7.06. The van der Waals surface area contributed by atoms with Crippen LogP contribution in [0.15, 0.2) is 164 Å². The van der Waals surface area contributed by atoms with Crippen LogP contribution in [0.5, 0.6) is 0 Å². The predicted molar refractivity (Wildman–Crippen MR) is 216 cm³/mol. The standard InChI is InChI=1S/C49H30F6N2/c1-29-7-25-40-41-28-34(16-26-42(41)57(43(40)27-29)36-5-3-2-4-6-36)32-12-21-38(22-13-32)56(37-19-10-31(11-20-37)30-8-17-35(50)18-9-30)39-23-14-33(15-24-39)44-45(51)47(53)49(55)48(54)46(44)52/h2-28H,1H3. The third-order valence-electron chi connectivity index (χ3n) is 10.3. The molecule has 8 heteroatoms. The van der Waals surface area contributed by atoms with Crippen molar-refractivity contribution in [2.75, 3.05) is 4.90 Å². The summed E-state index contributed by atoms with van der Waals surface area (Å²) in [5, 5.41) is 2.26. The van der Waals surface area contributed by atoms with Gasteiger partial charge in [-0.2, -0.15) is 0 Å². The Bertz CT molecular complexity index is 2910. The van der Waals surface area contributed by atoms with Crippen molar-refractivity contribution in [3.63, 3.8) is 0 Å². The topological polar surface area (TPSA) is 8.17 Å². The smallest absolute Gasteiger partial charge is 0.200 e. The molecule has 1 aromatic heterocycles. The van der Waals surface area contributed by atoms with Crippen LogP contribution in [0.3, 0.4) is 0 Å². The molecule has 0 unspecified atom stereocenters. The molecule has 0 atom stereocenters. The maximum absolute atomic E-state index is 14.8. The van der Waals surface area contributed by atoms with Crippen molar-refractivity contribution >= 4 is 38.9 Å². The van der Waals surface area contributed by atoms with E-state index in [9.17, 15) is 26.3 Å². The van der Waals surface area contributed by atoms with Crippen LogP contribution in [0.25, 0.3) is 60.9 Å². The number of hydrogen-bond donors (Lipinski definition) is 0. The number of aromatic nitrogens is 1. The molecule has 57 heavy (non-hydrogen) atoms. The normalized spacial score (nSPS) is 11.4. The van der Waals surface area contributed by atoms with Gasteiger partial charge in [-0.15, -0.1) is 0 Å². The van der Waals surface area contributed by atoms with E-state index < -0.39 is 34.6 Å². The molecule has 0 fully saturated rings. The van der Waals surface area contributed by atoms with Crippen LogP contribution in [0.1, 0.15) is 5.56 Å². The van der Waals surface area contributed by atoms with Crippen molar-refractivity contribution in [2.45, 2.75) is 6.92 Å². The predicted octanol–water partition coefficient (Wildman–Crippen LogP) is 14.4. The van der Waals surface area contributed by atoms with Gasteiger partial charge in [-0.1, -0.05) is 84.9 Å². The lowest BCUT2D eigenvalue weighted by Crippen LogP contribution is -2.10. The second-order valence-electron chi connectivity index (χ2n) is 13.9. The molecule has 8 aromatic carbocycles. The molecule has 0 radical (unpaired) electrons. The zero-order valence-corrected chi connectivity index (χ0v) is 30.3. The lowest BCUT2D eigenvalue weighted by molar-refractivity contribution is 0.381. The summed E-state index contributed by atoms with van der Waals surface area (Å²) in [7, 11) is 0. The minimum Gasteiger partial charge on any atom is -0.311 e. The molecule has 9 aromatic rings. The van der Waals surface area contributed by atoms with Crippen LogP contribution >= 0.6 is 0 Å². The number of nitrogens with zero attached hydrogens (tertiary/aromatic N) is 2. The highest BCUT2D eigenvalue weighted by atomic mass is 19.2. The average Bonchev–Trinajstić information content (AvgIpc) is 3.56. The minimum absolute atomic E-state index is 0.173. The van der Waals surface area contributed by atoms with Gasteiger partial charge in [0.15, 0.2) is 23.3 Å². The highest BCUT2D eigenvalue weighted by Crippen LogP contribution is 2.40. The van der Waals surface area contributed by atoms with Crippen molar-refractivity contribution < 1.29 is 26.3 Å². The molecule has 9 rings (SSSR count). The SMILES string of the molecule is Cc1ccc2c3cc(-c4ccc(N(c5ccc(-c6ccc(F)cc6)cc5)c5ccc(-c6c(F)c(F)c(F)c(F)c6F)cc5)cc4)ccc3n(-c3ccccc3)c2c1. The summed E-state index contributed by atoms with van der Waals surface area (Å²) < 4.78 is 87.5. The van der Waals surface area contributed by atoms with E-state index in [4.69, 9.17) is 0 Å². The van der Waals surface area contributed by atoms with Gasteiger partial charge in [0.05, 0.1) is 16.6 Å². The third-order valence-corrected chi connectivity index (χ3v) is 10.3. The van der Waals surface area contributed by atoms with E-state index >= 15 is 0 Å². The Morgan fingerprint density at radius 2 is 0.860 bits per heavy atom. The van der Waals surface area contributed by atoms with Gasteiger partial charge in [0.25, 0.3) is 0 Å².